The van der Waals surface area contributed by atoms with Crippen molar-refractivity contribution in [2.24, 2.45) is 0 Å². The first-order valence-corrected chi connectivity index (χ1v) is 2.81. The molecule has 0 bridgehead atoms. The van der Waals surface area contributed by atoms with Gasteiger partial charge >= 0.3 is 0 Å². The van der Waals surface area contributed by atoms with Gasteiger partial charge in [0, 0.05) is 7.11 Å². The van der Waals surface area contributed by atoms with Crippen LogP contribution in [0.15, 0.2) is 0 Å². The monoisotopic (exact) mass is 117 g/mol. The molecule has 1 unspecified atom stereocenters. The van der Waals surface area contributed by atoms with E-state index in [9.17, 15) is 0 Å². The fourth-order valence-corrected chi connectivity index (χ4v) is 0.247. The molecule has 0 saturated heterocycles. The second-order valence-corrected chi connectivity index (χ2v) is 1.69. The molecule has 0 heterocycles. The number of rotatable bonds is 4. The van der Waals surface area contributed by atoms with Gasteiger partial charge in [-0.25, -0.2) is 0 Å². The van der Waals surface area contributed by atoms with E-state index in [2.05, 4.69) is 11.7 Å². The molecule has 0 saturated carbocycles. The van der Waals surface area contributed by atoms with E-state index in [0.717, 1.165) is 6.42 Å². The Morgan fingerprint density at radius 2 is 2.25 bits per heavy atom. The molecule has 0 aromatic heterocycles. The van der Waals surface area contributed by atoms with Crippen LogP contribution in [0.5, 0.6) is 0 Å². The Labute approximate surface area is 50.8 Å². The Morgan fingerprint density at radius 1 is 1.62 bits per heavy atom. The smallest absolute Gasteiger partial charge is 0.209 e. The molecular formula is C6H13O2. The number of hydrogen-bond donors (Lipinski definition) is 0. The molecule has 0 N–H and O–H groups in total. The summed E-state index contributed by atoms with van der Waals surface area (Å²) in [6.07, 6.45) is 1.29. The van der Waals surface area contributed by atoms with Gasteiger partial charge in [-0.2, -0.15) is 0 Å². The average molecular weight is 117 g/mol. The van der Waals surface area contributed by atoms with E-state index in [1.165, 1.54) is 6.79 Å². The predicted molar refractivity (Wildman–Crippen MR) is 32.1 cm³/mol. The van der Waals surface area contributed by atoms with Crippen LogP contribution in [0, 0.1) is 6.79 Å². The second kappa shape index (κ2) is 5.06. The van der Waals surface area contributed by atoms with Crippen LogP contribution in [0.4, 0.5) is 0 Å². The van der Waals surface area contributed by atoms with E-state index < -0.39 is 0 Å². The van der Waals surface area contributed by atoms with Crippen LogP contribution >= 0.6 is 0 Å². The highest BCUT2D eigenvalue weighted by atomic mass is 16.7. The fraction of sp³-hybridized carbons (Fsp3) is 0.833. The lowest BCUT2D eigenvalue weighted by molar-refractivity contribution is 0.00429. The van der Waals surface area contributed by atoms with E-state index >= 15 is 0 Å². The Balaban J connectivity index is 2.86. The van der Waals surface area contributed by atoms with Crippen molar-refractivity contribution in [1.29, 1.82) is 0 Å². The van der Waals surface area contributed by atoms with Crippen LogP contribution in [0.1, 0.15) is 20.3 Å². The summed E-state index contributed by atoms with van der Waals surface area (Å²) >= 11 is 0. The molecule has 2 nitrogen and oxygen atoms in total. The molecule has 0 fully saturated rings. The standard InChI is InChI=1S/C6H13O2/c1-4-6(2)8-5-7-3/h5-6H,4H2,1-3H3. The number of methoxy groups -OCH3 is 1. The third-order valence-electron chi connectivity index (χ3n) is 0.959. The van der Waals surface area contributed by atoms with Crippen molar-refractivity contribution in [2.45, 2.75) is 26.4 Å². The maximum Gasteiger partial charge on any atom is 0.209 e. The Bertz CT molecular complexity index is 45.8. The molecule has 0 spiro atoms. The lowest BCUT2D eigenvalue weighted by atomic mass is 10.3. The minimum atomic E-state index is 0.273. The molecule has 0 aliphatic carbocycles. The van der Waals surface area contributed by atoms with Gasteiger partial charge in [-0.05, 0) is 13.3 Å². The van der Waals surface area contributed by atoms with Gasteiger partial charge in [0.25, 0.3) is 0 Å². The van der Waals surface area contributed by atoms with Crippen LogP contribution in [-0.2, 0) is 9.47 Å². The van der Waals surface area contributed by atoms with E-state index in [0.29, 0.717) is 0 Å². The van der Waals surface area contributed by atoms with Crippen LogP contribution in [0.3, 0.4) is 0 Å². The SMILES string of the molecule is CCC(C)O[CH]OC. The lowest BCUT2D eigenvalue weighted by Crippen LogP contribution is -2.04. The summed E-state index contributed by atoms with van der Waals surface area (Å²) in [5.41, 5.74) is 0. The van der Waals surface area contributed by atoms with Crippen molar-refractivity contribution < 1.29 is 9.47 Å². The zero-order valence-electron chi connectivity index (χ0n) is 5.68. The normalized spacial score (nSPS) is 13.9. The third-order valence-corrected chi connectivity index (χ3v) is 0.959. The zero-order chi connectivity index (χ0) is 6.41. The Hall–Kier alpha value is -0.0800. The first-order valence-electron chi connectivity index (χ1n) is 2.81. The zero-order valence-corrected chi connectivity index (χ0v) is 5.68. The summed E-state index contributed by atoms with van der Waals surface area (Å²) < 4.78 is 9.56. The maximum absolute atomic E-state index is 4.99. The first kappa shape index (κ1) is 7.92. The van der Waals surface area contributed by atoms with Gasteiger partial charge in [0.2, 0.25) is 6.79 Å². The molecule has 49 valence electrons. The van der Waals surface area contributed by atoms with Crippen molar-refractivity contribution in [3.05, 3.63) is 6.79 Å². The molecular weight excluding hydrogens is 104 g/mol. The summed E-state index contributed by atoms with van der Waals surface area (Å²) in [6, 6.07) is 0. The van der Waals surface area contributed by atoms with Crippen molar-refractivity contribution in [2.75, 3.05) is 7.11 Å². The highest BCUT2D eigenvalue weighted by Crippen LogP contribution is 1.96. The largest absolute Gasteiger partial charge is 0.351 e. The molecule has 0 amide bonds. The minimum Gasteiger partial charge on any atom is -0.351 e. The van der Waals surface area contributed by atoms with Gasteiger partial charge < -0.3 is 9.47 Å². The third kappa shape index (κ3) is 4.09. The first-order chi connectivity index (χ1) is 3.81. The topological polar surface area (TPSA) is 18.5 Å². The molecule has 2 heteroatoms. The average Bonchev–Trinajstić information content (AvgIpc) is 1.83. The molecule has 1 atom stereocenters. The minimum absolute atomic E-state index is 0.273. The van der Waals surface area contributed by atoms with Crippen LogP contribution in [-0.4, -0.2) is 13.2 Å². The van der Waals surface area contributed by atoms with Gasteiger partial charge in [0.05, 0.1) is 6.10 Å². The number of hydrogen-bond acceptors (Lipinski definition) is 2. The fourth-order valence-electron chi connectivity index (χ4n) is 0.247. The highest BCUT2D eigenvalue weighted by Gasteiger charge is 1.95. The van der Waals surface area contributed by atoms with Crippen LogP contribution < -0.4 is 0 Å². The summed E-state index contributed by atoms with van der Waals surface area (Å²) in [7, 11) is 1.57. The van der Waals surface area contributed by atoms with E-state index in [1.807, 2.05) is 6.92 Å². The second-order valence-electron chi connectivity index (χ2n) is 1.69. The van der Waals surface area contributed by atoms with Crippen molar-refractivity contribution in [1.82, 2.24) is 0 Å². The van der Waals surface area contributed by atoms with Crippen LogP contribution in [0.25, 0.3) is 0 Å². The quantitative estimate of drug-likeness (QED) is 0.556. The Morgan fingerprint density at radius 3 is 2.62 bits per heavy atom. The molecule has 1 radical (unpaired) electrons. The van der Waals surface area contributed by atoms with E-state index in [1.54, 1.807) is 7.11 Å². The van der Waals surface area contributed by atoms with Crippen molar-refractivity contribution in [3.63, 3.8) is 0 Å². The van der Waals surface area contributed by atoms with Gasteiger partial charge in [-0.15, -0.1) is 0 Å². The maximum atomic E-state index is 4.99. The summed E-state index contributed by atoms with van der Waals surface area (Å²) in [6.45, 7) is 5.41. The van der Waals surface area contributed by atoms with E-state index in [4.69, 9.17) is 4.74 Å². The molecule has 0 aliphatic heterocycles. The van der Waals surface area contributed by atoms with E-state index in [-0.39, 0.29) is 6.10 Å². The summed E-state index contributed by atoms with van der Waals surface area (Å²) in [4.78, 5) is 0. The van der Waals surface area contributed by atoms with Gasteiger partial charge in [-0.3, -0.25) is 0 Å². The summed E-state index contributed by atoms with van der Waals surface area (Å²) in [5.74, 6) is 0. The van der Waals surface area contributed by atoms with Gasteiger partial charge in [0.15, 0.2) is 0 Å². The molecule has 0 aromatic rings. The number of ether oxygens (including phenoxy) is 2. The Kier molecular flexibility index (Phi) is 5.01. The molecule has 0 aromatic carbocycles. The molecule has 0 rings (SSSR count). The van der Waals surface area contributed by atoms with Crippen molar-refractivity contribution >= 4 is 0 Å². The van der Waals surface area contributed by atoms with Crippen molar-refractivity contribution in [3.8, 4) is 0 Å². The predicted octanol–water partition coefficient (Wildman–Crippen LogP) is 1.57. The molecule has 0 aliphatic rings. The van der Waals surface area contributed by atoms with Gasteiger partial charge in [0.1, 0.15) is 0 Å². The van der Waals surface area contributed by atoms with Gasteiger partial charge in [-0.1, -0.05) is 6.92 Å². The summed E-state index contributed by atoms with van der Waals surface area (Å²) in [5, 5.41) is 0. The highest BCUT2D eigenvalue weighted by molar-refractivity contribution is 4.43. The van der Waals surface area contributed by atoms with Crippen LogP contribution in [0.2, 0.25) is 0 Å². The molecule has 8 heavy (non-hydrogen) atoms. The lowest BCUT2D eigenvalue weighted by Gasteiger charge is -2.06.